The Balaban J connectivity index is 1.68. The fraction of sp³-hybridized carbons (Fsp3) is 0.588. The molecule has 2 heterocycles. The third kappa shape index (κ3) is 3.74. The van der Waals surface area contributed by atoms with Crippen LogP contribution in [0.1, 0.15) is 19.8 Å². The Labute approximate surface area is 152 Å². The summed E-state index contributed by atoms with van der Waals surface area (Å²) in [6.45, 7) is 4.37. The number of benzene rings is 1. The van der Waals surface area contributed by atoms with E-state index in [9.17, 15) is 22.0 Å². The van der Waals surface area contributed by atoms with Crippen LogP contribution in [0.5, 0.6) is 0 Å². The Bertz CT molecular complexity index is 779. The van der Waals surface area contributed by atoms with Gasteiger partial charge in [-0.1, -0.05) is 0 Å². The van der Waals surface area contributed by atoms with Gasteiger partial charge in [-0.25, -0.2) is 17.2 Å². The van der Waals surface area contributed by atoms with Crippen molar-refractivity contribution in [2.75, 3.05) is 32.7 Å². The molecule has 2 aliphatic heterocycles. The molecule has 2 fully saturated rings. The lowest BCUT2D eigenvalue weighted by Crippen LogP contribution is -2.55. The van der Waals surface area contributed by atoms with Crippen molar-refractivity contribution in [2.24, 2.45) is 5.92 Å². The first-order valence-electron chi connectivity index (χ1n) is 8.77. The number of hydrogen-bond donors (Lipinski definition) is 1. The number of hydrogen-bond acceptors (Lipinski definition) is 4. The van der Waals surface area contributed by atoms with Crippen LogP contribution in [0.4, 0.5) is 8.78 Å². The minimum atomic E-state index is -4.12. The van der Waals surface area contributed by atoms with Crippen molar-refractivity contribution in [3.8, 4) is 0 Å². The van der Waals surface area contributed by atoms with Gasteiger partial charge in [0.25, 0.3) is 0 Å². The fourth-order valence-corrected chi connectivity index (χ4v) is 5.11. The summed E-state index contributed by atoms with van der Waals surface area (Å²) in [6.07, 6.45) is 0.761. The van der Waals surface area contributed by atoms with Crippen LogP contribution in [0.2, 0.25) is 0 Å². The monoisotopic (exact) mass is 387 g/mol. The van der Waals surface area contributed by atoms with Crippen LogP contribution in [0, 0.1) is 17.6 Å². The number of carbonyl (C=O) groups excluding carboxylic acids is 1. The van der Waals surface area contributed by atoms with E-state index in [2.05, 4.69) is 5.32 Å². The predicted octanol–water partition coefficient (Wildman–Crippen LogP) is 1.19. The fourth-order valence-electron chi connectivity index (χ4n) is 3.56. The van der Waals surface area contributed by atoms with Crippen LogP contribution in [0.3, 0.4) is 0 Å². The van der Waals surface area contributed by atoms with Crippen LogP contribution in [0.25, 0.3) is 0 Å². The van der Waals surface area contributed by atoms with Crippen LogP contribution >= 0.6 is 0 Å². The van der Waals surface area contributed by atoms with Gasteiger partial charge in [-0.05, 0) is 38.0 Å². The maximum absolute atomic E-state index is 13.9. The molecule has 9 heteroatoms. The van der Waals surface area contributed by atoms with Crippen molar-refractivity contribution < 1.29 is 22.0 Å². The quantitative estimate of drug-likeness (QED) is 0.846. The first kappa shape index (κ1) is 19.2. The SMILES string of the molecule is C[C@H]1CNCCN1C(=O)C1CCN(S(=O)(=O)c2cc(F)ccc2F)CC1. The van der Waals surface area contributed by atoms with Gasteiger partial charge < -0.3 is 10.2 Å². The van der Waals surface area contributed by atoms with Gasteiger partial charge in [0.15, 0.2) is 0 Å². The van der Waals surface area contributed by atoms with Gasteiger partial charge in [0.1, 0.15) is 16.5 Å². The minimum Gasteiger partial charge on any atom is -0.337 e. The molecule has 3 rings (SSSR count). The first-order chi connectivity index (χ1) is 12.3. The number of piperazine rings is 1. The molecule has 26 heavy (non-hydrogen) atoms. The second-order valence-electron chi connectivity index (χ2n) is 6.84. The highest BCUT2D eigenvalue weighted by molar-refractivity contribution is 7.89. The minimum absolute atomic E-state index is 0.0491. The zero-order valence-electron chi connectivity index (χ0n) is 14.6. The van der Waals surface area contributed by atoms with Gasteiger partial charge >= 0.3 is 0 Å². The van der Waals surface area contributed by atoms with Gasteiger partial charge in [-0.15, -0.1) is 0 Å². The molecule has 0 unspecified atom stereocenters. The number of sulfonamides is 1. The van der Waals surface area contributed by atoms with Crippen molar-refractivity contribution in [3.63, 3.8) is 0 Å². The summed E-state index contributed by atoms with van der Waals surface area (Å²) < 4.78 is 53.6. The molecule has 0 aromatic heterocycles. The van der Waals surface area contributed by atoms with E-state index in [1.165, 1.54) is 0 Å². The maximum Gasteiger partial charge on any atom is 0.246 e. The van der Waals surface area contributed by atoms with Gasteiger partial charge in [-0.2, -0.15) is 4.31 Å². The second-order valence-corrected chi connectivity index (χ2v) is 8.74. The lowest BCUT2D eigenvalue weighted by Gasteiger charge is -2.38. The molecule has 0 bridgehead atoms. The lowest BCUT2D eigenvalue weighted by molar-refractivity contribution is -0.139. The molecule has 0 aliphatic carbocycles. The molecule has 1 aromatic rings. The summed E-state index contributed by atoms with van der Waals surface area (Å²) in [5.74, 6) is -1.96. The topological polar surface area (TPSA) is 69.7 Å². The van der Waals surface area contributed by atoms with E-state index in [0.29, 0.717) is 25.5 Å². The van der Waals surface area contributed by atoms with Crippen LogP contribution in [0.15, 0.2) is 23.1 Å². The molecule has 0 spiro atoms. The molecule has 6 nitrogen and oxygen atoms in total. The summed E-state index contributed by atoms with van der Waals surface area (Å²) >= 11 is 0. The number of nitrogens with zero attached hydrogens (tertiary/aromatic N) is 2. The molecular formula is C17H23F2N3O3S. The number of rotatable bonds is 3. The van der Waals surface area contributed by atoms with Crippen molar-refractivity contribution >= 4 is 15.9 Å². The number of nitrogens with one attached hydrogen (secondary N) is 1. The van der Waals surface area contributed by atoms with Crippen LogP contribution in [-0.4, -0.2) is 62.3 Å². The molecule has 2 saturated heterocycles. The maximum atomic E-state index is 13.9. The average Bonchev–Trinajstić information content (AvgIpc) is 2.63. The molecule has 1 atom stereocenters. The molecule has 0 radical (unpaired) electrons. The third-order valence-electron chi connectivity index (χ3n) is 5.10. The molecule has 1 N–H and O–H groups in total. The predicted molar refractivity (Wildman–Crippen MR) is 91.9 cm³/mol. The van der Waals surface area contributed by atoms with E-state index in [-0.39, 0.29) is 31.0 Å². The lowest BCUT2D eigenvalue weighted by atomic mass is 9.95. The van der Waals surface area contributed by atoms with Crippen molar-refractivity contribution in [1.82, 2.24) is 14.5 Å². The zero-order valence-corrected chi connectivity index (χ0v) is 15.4. The van der Waals surface area contributed by atoms with E-state index in [0.717, 1.165) is 29.5 Å². The summed E-state index contributed by atoms with van der Waals surface area (Å²) in [4.78, 5) is 13.9. The van der Waals surface area contributed by atoms with Gasteiger partial charge in [0.05, 0.1) is 0 Å². The van der Waals surface area contributed by atoms with Gasteiger partial charge in [-0.3, -0.25) is 4.79 Å². The van der Waals surface area contributed by atoms with Crippen molar-refractivity contribution in [3.05, 3.63) is 29.8 Å². The Kier molecular flexibility index (Phi) is 5.59. The molecule has 1 amide bonds. The van der Waals surface area contributed by atoms with Crippen molar-refractivity contribution in [2.45, 2.75) is 30.7 Å². The Morgan fingerprint density at radius 3 is 2.54 bits per heavy atom. The van der Waals surface area contributed by atoms with Gasteiger partial charge in [0.2, 0.25) is 15.9 Å². The Morgan fingerprint density at radius 2 is 1.88 bits per heavy atom. The summed E-state index contributed by atoms with van der Waals surface area (Å²) in [6, 6.07) is 2.50. The highest BCUT2D eigenvalue weighted by atomic mass is 32.2. The number of halogens is 2. The molecular weight excluding hydrogens is 364 g/mol. The number of piperidine rings is 1. The van der Waals surface area contributed by atoms with E-state index in [1.807, 2.05) is 11.8 Å². The first-order valence-corrected chi connectivity index (χ1v) is 10.2. The van der Waals surface area contributed by atoms with Crippen LogP contribution in [-0.2, 0) is 14.8 Å². The van der Waals surface area contributed by atoms with Crippen molar-refractivity contribution in [1.29, 1.82) is 0 Å². The molecule has 144 valence electrons. The summed E-state index contributed by atoms with van der Waals surface area (Å²) in [5.41, 5.74) is 0. The smallest absolute Gasteiger partial charge is 0.246 e. The average molecular weight is 387 g/mol. The van der Waals surface area contributed by atoms with Gasteiger partial charge in [0, 0.05) is 44.7 Å². The van der Waals surface area contributed by atoms with E-state index in [1.54, 1.807) is 0 Å². The number of carbonyl (C=O) groups is 1. The molecule has 1 aromatic carbocycles. The molecule has 2 aliphatic rings. The third-order valence-corrected chi connectivity index (χ3v) is 7.01. The summed E-state index contributed by atoms with van der Waals surface area (Å²) in [5, 5.41) is 3.23. The largest absolute Gasteiger partial charge is 0.337 e. The number of amides is 1. The van der Waals surface area contributed by atoms with E-state index in [4.69, 9.17) is 0 Å². The highest BCUT2D eigenvalue weighted by Gasteiger charge is 2.36. The normalized spacial score (nSPS) is 23.2. The Hall–Kier alpha value is -1.58. The van der Waals surface area contributed by atoms with E-state index >= 15 is 0 Å². The Morgan fingerprint density at radius 1 is 1.19 bits per heavy atom. The summed E-state index contributed by atoms with van der Waals surface area (Å²) in [7, 11) is -4.12. The standard InChI is InChI=1S/C17H23F2N3O3S/c1-12-11-20-6-9-22(12)17(23)13-4-7-21(8-5-13)26(24,25)16-10-14(18)2-3-15(16)19/h2-3,10,12-13,20H,4-9,11H2,1H3/t12-/m0/s1. The zero-order chi connectivity index (χ0) is 18.9. The second kappa shape index (κ2) is 7.58. The molecule has 0 saturated carbocycles. The van der Waals surface area contributed by atoms with Crippen LogP contribution < -0.4 is 5.32 Å². The van der Waals surface area contributed by atoms with E-state index < -0.39 is 26.6 Å². The highest BCUT2D eigenvalue weighted by Crippen LogP contribution is 2.27.